The van der Waals surface area contributed by atoms with Crippen LogP contribution in [0.5, 0.6) is 0 Å². The maximum Gasteiger partial charge on any atom is 0.330 e. The van der Waals surface area contributed by atoms with E-state index >= 15 is 0 Å². The molecule has 4 amide bonds. The van der Waals surface area contributed by atoms with E-state index in [4.69, 9.17) is 33.2 Å². The van der Waals surface area contributed by atoms with Crippen LogP contribution in [0.1, 0.15) is 95.7 Å². The molecular weight excluding hydrogens is 1890 g/mol. The first kappa shape index (κ1) is 115. The van der Waals surface area contributed by atoms with Crippen molar-refractivity contribution in [1.82, 2.24) is 60.0 Å². The molecule has 23 atom stereocenters. The second-order valence-electron chi connectivity index (χ2n) is 41.1. The number of aryl methyl sites for hydroxylation is 2. The zero-order valence-corrected chi connectivity index (χ0v) is 86.9. The van der Waals surface area contributed by atoms with E-state index in [1.165, 1.54) is 81.5 Å². The van der Waals surface area contributed by atoms with Gasteiger partial charge in [-0.2, -0.15) is 0 Å². The number of rotatable bonds is 29. The molecule has 13 rings (SSSR count). The molecule has 11 aliphatic rings. The summed E-state index contributed by atoms with van der Waals surface area (Å²) in [4.78, 5) is 104. The van der Waals surface area contributed by atoms with Crippen LogP contribution < -0.4 is 43.8 Å². The number of nitrogens with one attached hydrogen (secondary N) is 6. The Kier molecular flexibility index (Phi) is 39.0. The van der Waals surface area contributed by atoms with E-state index in [-0.39, 0.29) is 29.4 Å². The molecule has 0 unspecified atom stereocenters. The smallest absolute Gasteiger partial charge is 0.330 e. The van der Waals surface area contributed by atoms with E-state index in [2.05, 4.69) is 182 Å². The molecule has 13 heterocycles. The number of aromatic nitrogens is 4. The van der Waals surface area contributed by atoms with Crippen molar-refractivity contribution in [3.63, 3.8) is 0 Å². The Morgan fingerprint density at radius 1 is 0.423 bits per heavy atom. The van der Waals surface area contributed by atoms with E-state index in [0.717, 1.165) is 54.4 Å². The molecule has 0 saturated carbocycles. The third-order valence-corrected chi connectivity index (χ3v) is 33.4. The minimum atomic E-state index is -2.47. The van der Waals surface area contributed by atoms with Gasteiger partial charge in [0.1, 0.15) is 95.5 Å². The maximum atomic E-state index is 12.1. The number of ether oxygens (including phenoxy) is 7. The summed E-state index contributed by atoms with van der Waals surface area (Å²) in [5, 5.41) is 134. The predicted octanol–water partition coefficient (Wildman–Crippen LogP) is 0.886. The highest BCUT2D eigenvalue weighted by molar-refractivity contribution is 7.73. The Morgan fingerprint density at radius 2 is 0.781 bits per heavy atom. The lowest BCUT2D eigenvalue weighted by atomic mass is 9.94. The van der Waals surface area contributed by atoms with Gasteiger partial charge in [0.25, 0.3) is 34.7 Å². The molecule has 0 aliphatic carbocycles. The van der Waals surface area contributed by atoms with Crippen LogP contribution in [0.15, 0.2) is 143 Å². The SMILES string of the molecule is C=C1NC(=O)C=CN1[C@@H]1O[C@@]2(CCP(=C)(C)C)CO[C@@H]1[C@@H]2O.C=C1NC(=O)C=CN1[C@@H]1O[C@H](CCP(=C)(C)C)[C@@H](O)C1(O)O.C=C1NC(=O)C=CN1[C@@H]1O[C@H](CCP(=C)(C)C)[C@@H](O)[C@@]1(C)O.C=C1NC(=O)C=CN1[C@@H]1O[C@](C)(CCP(=C)(C)C)[C@@H](O)[C@H]1O.C=CCCc1cn([C@@H]2O[C@H](CCP(=C)(C)C)[C@@H](O)[C@H]2O)c(=O)[nH]c1=O.C=P(C)(C)CC[C@H]1O[C@@H](n2cc(CCC)c(=O)[nH]c2=O)[C@H](O)[C@@H]1O. The number of amides is 4. The normalized spacial score (nSPS) is 32.3. The molecule has 2 bridgehead atoms. The van der Waals surface area contributed by atoms with Gasteiger partial charge in [-0.15, -0.1) is 85.7 Å². The molecule has 770 valence electrons. The van der Waals surface area contributed by atoms with Gasteiger partial charge < -0.3 is 135 Å². The summed E-state index contributed by atoms with van der Waals surface area (Å²) in [5.41, 5.74) is -4.36. The molecule has 39 nitrogen and oxygen atoms in total. The lowest BCUT2D eigenvalue weighted by molar-refractivity contribution is -0.251. The van der Waals surface area contributed by atoms with Crippen molar-refractivity contribution in [3.8, 4) is 0 Å². The molecule has 18 N–H and O–H groups in total. The van der Waals surface area contributed by atoms with Crippen molar-refractivity contribution in [2.75, 3.05) is 124 Å². The van der Waals surface area contributed by atoms with Crippen LogP contribution in [-0.2, 0) is 65.2 Å². The van der Waals surface area contributed by atoms with Gasteiger partial charge in [0.2, 0.25) is 5.79 Å². The van der Waals surface area contributed by atoms with Crippen LogP contribution in [0, 0.1) is 0 Å². The molecule has 7 fully saturated rings. The number of aliphatic hydroxyl groups is 12. The Hall–Kier alpha value is -6.86. The van der Waals surface area contributed by atoms with Gasteiger partial charge in [0, 0.05) is 72.6 Å². The standard InChI is InChI=1S/C17H27N2O5P.C16H27N2O5P.C15H23N2O4P.2C15H25N2O4P.C14H23N2O5P/c1-5-6-7-11-10-19(17(23)18-15(11)22)16-14(21)13(20)12(24-16)8-9-25(2,3)4;1-5-6-10-9-18(16(22)17-14(10)21)15-13(20)12(19)11(23-15)7-8-24(2,3)4;1-10-16-11(18)5-7-17(10)14-12-13(19)15(21-14,9-20-12)6-8-22(2,3)4;1-10-16-12(18)6-8-17(10)14-15(2,20)13(19)11(21-14)7-9-22(3,4)5;1-10-16-11(18)6-8-17(10)14-12(19)13(20)15(2,21-14)7-9-22(3,4)5;1-9-15-11(17)5-7-16(9)13-14(19,20)12(18)10(21-13)6-8-22(2,3)4/h5,10,12-14,16,20-21H,1-2,6-9H2,3-4H3,(H,18,22,23);9,11-13,15,19-20H,2,5-8H2,1,3-4H3,(H,17,21,22);5,7,12-14,19H,1-2,6,8-9H2,3-4H3,(H,16,18);6,8,11,13-14,19-20H,1,3,7,9H2,2,4-5H3,(H,16,18);6,8,12-14,19-20H,1,3,7,9H2,2,4-5H3,(H,16,18);5,7,10,12-13,18-20H,1-2,6,8H2,3-4H3,(H,15,17)/t12-,13-,14-,16-;11-,12-,13-,15-;12-,13+,14-,15+;11-,13-,14-,15-;12-,13+,14-,15-;10-,12-,13-/m111111/s1. The van der Waals surface area contributed by atoms with Crippen molar-refractivity contribution >= 4 is 103 Å². The van der Waals surface area contributed by atoms with Crippen molar-refractivity contribution in [2.45, 2.75) is 230 Å². The fraction of sp³-hybridized carbons (Fsp3) is 0.609. The zero-order valence-electron chi connectivity index (χ0n) is 81.6. The molecule has 45 heteroatoms. The average molecular weight is 2040 g/mol. The van der Waals surface area contributed by atoms with Crippen molar-refractivity contribution in [3.05, 3.63) is 177 Å². The molecule has 0 aromatic carbocycles. The number of nitrogens with zero attached hydrogens (tertiary/aromatic N) is 6. The Balaban J connectivity index is 0.000000202. The van der Waals surface area contributed by atoms with Gasteiger partial charge in [0.05, 0.1) is 36.6 Å². The Bertz CT molecular complexity index is 5300. The third kappa shape index (κ3) is 30.4. The lowest BCUT2D eigenvalue weighted by Gasteiger charge is -2.38. The second-order valence-corrected chi connectivity index (χ2v) is 67.0. The van der Waals surface area contributed by atoms with Gasteiger partial charge in [-0.1, -0.05) is 45.7 Å². The minimum absolute atomic E-state index is 0.155. The summed E-state index contributed by atoms with van der Waals surface area (Å²) in [6.45, 7) is 41.9. The number of hydrogen-bond donors (Lipinski definition) is 18. The number of carbonyl (C=O) groups is 4. The lowest BCUT2D eigenvalue weighted by Crippen LogP contribution is -2.55. The summed E-state index contributed by atoms with van der Waals surface area (Å²) in [5.74, 6) is -2.38. The number of fused-ring (bicyclic) bond motifs is 2. The van der Waals surface area contributed by atoms with Gasteiger partial charge in [-0.3, -0.25) is 47.9 Å². The molecule has 7 saturated heterocycles. The van der Waals surface area contributed by atoms with Crippen LogP contribution >= 0.6 is 41.3 Å². The van der Waals surface area contributed by atoms with Crippen LogP contribution in [0.4, 0.5) is 0 Å². The van der Waals surface area contributed by atoms with Crippen LogP contribution in [-0.4, -0.2) is 418 Å². The van der Waals surface area contributed by atoms with Crippen molar-refractivity contribution < 1.29 is 114 Å². The van der Waals surface area contributed by atoms with E-state index < -0.39 is 209 Å². The van der Waals surface area contributed by atoms with Crippen LogP contribution in [0.2, 0.25) is 0 Å². The summed E-state index contributed by atoms with van der Waals surface area (Å²) in [6, 6.07) is 0. The highest BCUT2D eigenvalue weighted by Crippen LogP contribution is 2.50. The highest BCUT2D eigenvalue weighted by Gasteiger charge is 2.63. The number of aromatic amines is 2. The molecule has 137 heavy (non-hydrogen) atoms. The fourth-order valence-corrected chi connectivity index (χ4v) is 22.3. The molecule has 0 spiro atoms. The van der Waals surface area contributed by atoms with Gasteiger partial charge in [-0.25, -0.2) is 9.59 Å². The van der Waals surface area contributed by atoms with Gasteiger partial charge >= 0.3 is 11.4 Å². The predicted molar refractivity (Wildman–Crippen MR) is 548 cm³/mol. The molecule has 2 aromatic rings. The minimum Gasteiger partial charge on any atom is -0.388 e. The van der Waals surface area contributed by atoms with Gasteiger partial charge in [-0.05, 0) is 189 Å². The van der Waals surface area contributed by atoms with E-state index in [9.17, 15) is 99.6 Å². The molecular formula is C92H150N12O27P6. The van der Waals surface area contributed by atoms with E-state index in [1.54, 1.807) is 24.1 Å². The number of aliphatic hydroxyl groups excluding tert-OH is 9. The number of allylic oxidation sites excluding steroid dienone is 1. The van der Waals surface area contributed by atoms with E-state index in [1.807, 2.05) is 6.92 Å². The first-order valence-electron chi connectivity index (χ1n) is 45.2. The third-order valence-electron chi connectivity index (χ3n) is 24.6. The highest BCUT2D eigenvalue weighted by atomic mass is 31.2. The zero-order chi connectivity index (χ0) is 103. The number of H-pyrrole nitrogens is 2. The fourth-order valence-electron chi connectivity index (χ4n) is 16.4. The first-order valence-corrected chi connectivity index (χ1v) is 63.5. The second kappa shape index (κ2) is 46.2. The average Bonchev–Trinajstić information content (AvgIpc) is 1.56. The Labute approximate surface area is 802 Å². The summed E-state index contributed by atoms with van der Waals surface area (Å²) in [7, 11) is 0. The van der Waals surface area contributed by atoms with Crippen molar-refractivity contribution in [1.29, 1.82) is 0 Å². The number of hydrogen-bond acceptors (Lipinski definition) is 31. The van der Waals surface area contributed by atoms with Gasteiger partial charge in [0.15, 0.2) is 37.4 Å². The summed E-state index contributed by atoms with van der Waals surface area (Å²) >= 11 is 0. The van der Waals surface area contributed by atoms with Crippen LogP contribution in [0.25, 0.3) is 0 Å². The largest absolute Gasteiger partial charge is 0.388 e. The van der Waals surface area contributed by atoms with Crippen LogP contribution in [0.3, 0.4) is 0 Å². The monoisotopic (exact) mass is 2040 g/mol. The summed E-state index contributed by atoms with van der Waals surface area (Å²) < 4.78 is 43.3. The quantitative estimate of drug-likeness (QED) is 0.0305. The Morgan fingerprint density at radius 3 is 1.17 bits per heavy atom. The summed E-state index contributed by atoms with van der Waals surface area (Å²) in [6.07, 6.45) is 33.5. The molecule has 11 aliphatic heterocycles. The van der Waals surface area contributed by atoms with Crippen molar-refractivity contribution in [2.24, 2.45) is 0 Å². The molecule has 0 radical (unpaired) electrons. The topological polar surface area (TPSA) is 546 Å². The number of carbonyl (C=O) groups excluding carboxylic acids is 4. The molecule has 2 aromatic heterocycles. The maximum absolute atomic E-state index is 12.1. The van der Waals surface area contributed by atoms with E-state index in [0.29, 0.717) is 86.6 Å². The first-order chi connectivity index (χ1) is 63.1.